The van der Waals surface area contributed by atoms with Crippen LogP contribution >= 0.6 is 12.4 Å². The maximum Gasteiger partial charge on any atom is 0.351 e. The molecule has 0 spiro atoms. The van der Waals surface area contributed by atoms with Crippen LogP contribution < -0.4 is 5.73 Å². The summed E-state index contributed by atoms with van der Waals surface area (Å²) in [6.07, 6.45) is 11.1. The molecule has 4 aliphatic carbocycles. The predicted molar refractivity (Wildman–Crippen MR) is 129 cm³/mol. The van der Waals surface area contributed by atoms with E-state index in [0.717, 1.165) is 37.3 Å². The standard InChI is InChI=1S/C26H40N2O3.ClH/c1-15(2)23(27)24(30)31-28-18-10-12-25(4)17(14-18)6-7-19-21-9-8-20(16(3)29)26(21,5)13-11-22(19)25;/h14-15,19-23H,6-13,27H2,1-5H3;1H/t19-,20+,21-,22-,23?,25-,26+;/m0./s1. The van der Waals surface area contributed by atoms with Crippen LogP contribution in [-0.2, 0) is 14.4 Å². The van der Waals surface area contributed by atoms with Crippen molar-refractivity contribution in [3.8, 4) is 0 Å². The van der Waals surface area contributed by atoms with Gasteiger partial charge in [-0.05, 0) is 98.9 Å². The molecule has 32 heavy (non-hydrogen) atoms. The van der Waals surface area contributed by atoms with Gasteiger partial charge in [0.25, 0.3) is 0 Å². The van der Waals surface area contributed by atoms with Crippen molar-refractivity contribution >= 4 is 29.9 Å². The molecule has 0 aromatic rings. The van der Waals surface area contributed by atoms with E-state index in [4.69, 9.17) is 10.6 Å². The molecule has 0 heterocycles. The lowest BCUT2D eigenvalue weighted by Crippen LogP contribution is -2.51. The number of ketones is 1. The van der Waals surface area contributed by atoms with Crippen LogP contribution in [0.25, 0.3) is 0 Å². The molecule has 6 heteroatoms. The first-order valence-electron chi connectivity index (χ1n) is 12.3. The third kappa shape index (κ3) is 4.09. The summed E-state index contributed by atoms with van der Waals surface area (Å²) in [6.45, 7) is 10.5. The number of halogens is 1. The number of carbonyl (C=O) groups excluding carboxylic acids is 2. The third-order valence-corrected chi connectivity index (χ3v) is 9.71. The van der Waals surface area contributed by atoms with Gasteiger partial charge in [-0.1, -0.05) is 38.4 Å². The van der Waals surface area contributed by atoms with Gasteiger partial charge in [0.1, 0.15) is 11.8 Å². The fourth-order valence-electron chi connectivity index (χ4n) is 7.75. The van der Waals surface area contributed by atoms with E-state index in [0.29, 0.717) is 17.6 Å². The van der Waals surface area contributed by atoms with Crippen LogP contribution in [0.5, 0.6) is 0 Å². The second kappa shape index (κ2) is 9.21. The largest absolute Gasteiger partial charge is 0.351 e. The normalized spacial score (nSPS) is 40.5. The number of rotatable bonds is 4. The lowest BCUT2D eigenvalue weighted by Gasteiger charge is -2.58. The van der Waals surface area contributed by atoms with Crippen molar-refractivity contribution in [1.82, 2.24) is 0 Å². The van der Waals surface area contributed by atoms with E-state index in [-0.39, 0.29) is 35.1 Å². The number of oxime groups is 1. The summed E-state index contributed by atoms with van der Waals surface area (Å²) in [5, 5.41) is 4.18. The van der Waals surface area contributed by atoms with Crippen molar-refractivity contribution in [3.63, 3.8) is 0 Å². The molecular formula is C26H41ClN2O3. The molecule has 0 aliphatic heterocycles. The maximum atomic E-state index is 12.3. The van der Waals surface area contributed by atoms with Crippen molar-refractivity contribution in [3.05, 3.63) is 11.6 Å². The van der Waals surface area contributed by atoms with Gasteiger partial charge in [-0.25, -0.2) is 4.79 Å². The molecule has 0 bridgehead atoms. The molecule has 4 rings (SSSR count). The summed E-state index contributed by atoms with van der Waals surface area (Å²) in [5.41, 5.74) is 8.63. The zero-order valence-corrected chi connectivity index (χ0v) is 21.2. The Morgan fingerprint density at radius 2 is 1.81 bits per heavy atom. The van der Waals surface area contributed by atoms with E-state index in [1.807, 2.05) is 13.8 Å². The molecule has 4 aliphatic rings. The summed E-state index contributed by atoms with van der Waals surface area (Å²) in [5.74, 6) is 2.35. The molecule has 0 saturated heterocycles. The van der Waals surface area contributed by atoms with Crippen molar-refractivity contribution in [2.45, 2.75) is 92.0 Å². The quantitative estimate of drug-likeness (QED) is 0.442. The van der Waals surface area contributed by atoms with Crippen LogP contribution in [0, 0.1) is 40.4 Å². The first kappa shape index (κ1) is 25.4. The molecule has 0 amide bonds. The molecular weight excluding hydrogens is 424 g/mol. The molecule has 2 N–H and O–H groups in total. The molecule has 3 fully saturated rings. The second-order valence-electron chi connectivity index (χ2n) is 11.6. The maximum absolute atomic E-state index is 12.3. The molecule has 5 nitrogen and oxygen atoms in total. The Labute approximate surface area is 199 Å². The van der Waals surface area contributed by atoms with Crippen LogP contribution in [0.2, 0.25) is 0 Å². The minimum absolute atomic E-state index is 0. The Morgan fingerprint density at radius 1 is 1.09 bits per heavy atom. The van der Waals surface area contributed by atoms with Crippen molar-refractivity contribution < 1.29 is 14.4 Å². The number of nitrogens with zero attached hydrogens (tertiary/aromatic N) is 1. The van der Waals surface area contributed by atoms with Gasteiger partial charge in [-0.2, -0.15) is 0 Å². The average molecular weight is 465 g/mol. The first-order chi connectivity index (χ1) is 14.6. The Kier molecular flexibility index (Phi) is 7.32. The number of carbonyl (C=O) groups is 2. The van der Waals surface area contributed by atoms with E-state index in [9.17, 15) is 9.59 Å². The van der Waals surface area contributed by atoms with Gasteiger partial charge < -0.3 is 10.6 Å². The van der Waals surface area contributed by atoms with Crippen LogP contribution in [0.4, 0.5) is 0 Å². The lowest BCUT2D eigenvalue weighted by molar-refractivity contribution is -0.146. The van der Waals surface area contributed by atoms with Gasteiger partial charge in [0, 0.05) is 5.92 Å². The molecule has 0 aromatic heterocycles. The predicted octanol–water partition coefficient (Wildman–Crippen LogP) is 5.46. The van der Waals surface area contributed by atoms with Gasteiger partial charge in [-0.15, -0.1) is 12.4 Å². The highest BCUT2D eigenvalue weighted by molar-refractivity contribution is 5.96. The number of allylic oxidation sites excluding steroid dienone is 2. The van der Waals surface area contributed by atoms with Crippen LogP contribution in [0.1, 0.15) is 86.0 Å². The van der Waals surface area contributed by atoms with Gasteiger partial charge in [0.05, 0.1) is 5.71 Å². The summed E-state index contributed by atoms with van der Waals surface area (Å²) < 4.78 is 0. The zero-order chi connectivity index (χ0) is 22.6. The summed E-state index contributed by atoms with van der Waals surface area (Å²) >= 11 is 0. The Hall–Kier alpha value is -1.20. The minimum atomic E-state index is -0.636. The first-order valence-corrected chi connectivity index (χ1v) is 12.3. The highest BCUT2D eigenvalue weighted by Crippen LogP contribution is 2.66. The Morgan fingerprint density at radius 3 is 2.47 bits per heavy atom. The summed E-state index contributed by atoms with van der Waals surface area (Å²) in [4.78, 5) is 29.6. The second-order valence-corrected chi connectivity index (χ2v) is 11.6. The monoisotopic (exact) mass is 464 g/mol. The summed E-state index contributed by atoms with van der Waals surface area (Å²) in [6, 6.07) is -0.636. The number of Topliss-reactive ketones (excluding diaryl/α,β-unsaturated/α-hetero) is 1. The molecule has 180 valence electrons. The van der Waals surface area contributed by atoms with Crippen LogP contribution in [-0.4, -0.2) is 23.5 Å². The van der Waals surface area contributed by atoms with Gasteiger partial charge in [-0.3, -0.25) is 4.79 Å². The number of nitrogens with two attached hydrogens (primary N) is 1. The van der Waals surface area contributed by atoms with Gasteiger partial charge >= 0.3 is 5.97 Å². The Balaban J connectivity index is 0.00000289. The molecule has 0 radical (unpaired) electrons. The van der Waals surface area contributed by atoms with Crippen molar-refractivity contribution in [2.75, 3.05) is 0 Å². The summed E-state index contributed by atoms with van der Waals surface area (Å²) in [7, 11) is 0. The molecule has 0 aromatic carbocycles. The fraction of sp³-hybridized carbons (Fsp3) is 0.808. The van der Waals surface area contributed by atoms with Crippen molar-refractivity contribution in [1.29, 1.82) is 0 Å². The van der Waals surface area contributed by atoms with E-state index >= 15 is 0 Å². The van der Waals surface area contributed by atoms with Crippen LogP contribution in [0.3, 0.4) is 0 Å². The van der Waals surface area contributed by atoms with Crippen LogP contribution in [0.15, 0.2) is 16.8 Å². The highest BCUT2D eigenvalue weighted by atomic mass is 35.5. The van der Waals surface area contributed by atoms with E-state index in [1.54, 1.807) is 6.92 Å². The number of hydrogen-bond acceptors (Lipinski definition) is 5. The fourth-order valence-corrected chi connectivity index (χ4v) is 7.75. The van der Waals surface area contributed by atoms with Gasteiger partial charge in [0.2, 0.25) is 0 Å². The smallest absolute Gasteiger partial charge is 0.318 e. The number of fused-ring (bicyclic) bond motifs is 5. The highest BCUT2D eigenvalue weighted by Gasteiger charge is 2.59. The van der Waals surface area contributed by atoms with Crippen molar-refractivity contribution in [2.24, 2.45) is 51.3 Å². The van der Waals surface area contributed by atoms with Gasteiger partial charge in [0.15, 0.2) is 0 Å². The lowest BCUT2D eigenvalue weighted by atomic mass is 9.46. The molecule has 1 unspecified atom stereocenters. The zero-order valence-electron chi connectivity index (χ0n) is 20.4. The third-order valence-electron chi connectivity index (χ3n) is 9.71. The minimum Gasteiger partial charge on any atom is -0.318 e. The average Bonchev–Trinajstić information content (AvgIpc) is 3.08. The van der Waals surface area contributed by atoms with E-state index in [1.165, 1.54) is 31.3 Å². The topological polar surface area (TPSA) is 81.8 Å². The molecule has 3 saturated carbocycles. The van der Waals surface area contributed by atoms with E-state index < -0.39 is 12.0 Å². The molecule has 7 atom stereocenters. The van der Waals surface area contributed by atoms with E-state index in [2.05, 4.69) is 25.1 Å². The SMILES string of the molecule is CC(=O)[C@H]1CC[C@H]2[C@@H]3CCC4=CC(=NOC(=O)C(N)C(C)C)CC[C@]4(C)[C@H]3CC[C@]12C.Cl. The Bertz CT molecular complexity index is 822. The number of hydrogen-bond donors (Lipinski definition) is 1.